The van der Waals surface area contributed by atoms with Gasteiger partial charge in [-0.2, -0.15) is 0 Å². The second-order valence-electron chi connectivity index (χ2n) is 4.91. The Labute approximate surface area is 98.3 Å². The summed E-state index contributed by atoms with van der Waals surface area (Å²) in [7, 11) is 2.19. The van der Waals surface area contributed by atoms with Gasteiger partial charge >= 0.3 is 0 Å². The summed E-state index contributed by atoms with van der Waals surface area (Å²) in [6, 6.07) is 0.542. The third-order valence-corrected chi connectivity index (χ3v) is 3.40. The van der Waals surface area contributed by atoms with Crippen LogP contribution in [0.15, 0.2) is 0 Å². The minimum Gasteiger partial charge on any atom is -0.379 e. The van der Waals surface area contributed by atoms with E-state index in [1.807, 2.05) is 0 Å². The Morgan fingerprint density at radius 3 is 3.00 bits per heavy atom. The average molecular weight is 228 g/mol. The molecule has 4 heteroatoms. The van der Waals surface area contributed by atoms with Crippen LogP contribution in [0.2, 0.25) is 0 Å². The SMILES string of the molecule is CN(CCC1COCCN1)CC1CCCO1. The maximum Gasteiger partial charge on any atom is 0.0702 e. The molecule has 0 bridgehead atoms. The van der Waals surface area contributed by atoms with Gasteiger partial charge in [0.2, 0.25) is 0 Å². The van der Waals surface area contributed by atoms with Crippen LogP contribution in [0.3, 0.4) is 0 Å². The molecule has 2 aliphatic heterocycles. The Morgan fingerprint density at radius 2 is 2.31 bits per heavy atom. The summed E-state index contributed by atoms with van der Waals surface area (Å²) in [4.78, 5) is 2.38. The first kappa shape index (κ1) is 12.3. The van der Waals surface area contributed by atoms with Crippen molar-refractivity contribution in [3.05, 3.63) is 0 Å². The second kappa shape index (κ2) is 6.55. The van der Waals surface area contributed by atoms with Crippen molar-refractivity contribution in [2.45, 2.75) is 31.4 Å². The summed E-state index contributed by atoms with van der Waals surface area (Å²) in [6.07, 6.45) is 4.11. The van der Waals surface area contributed by atoms with Gasteiger partial charge in [0.05, 0.1) is 19.3 Å². The van der Waals surface area contributed by atoms with Crippen LogP contribution in [0.4, 0.5) is 0 Å². The minimum atomic E-state index is 0.473. The van der Waals surface area contributed by atoms with E-state index in [0.29, 0.717) is 12.1 Å². The maximum atomic E-state index is 5.63. The van der Waals surface area contributed by atoms with Gasteiger partial charge in [0, 0.05) is 25.7 Å². The zero-order valence-electron chi connectivity index (χ0n) is 10.3. The molecular weight excluding hydrogens is 204 g/mol. The van der Waals surface area contributed by atoms with Crippen LogP contribution < -0.4 is 5.32 Å². The summed E-state index contributed by atoms with van der Waals surface area (Å²) in [6.45, 7) is 5.89. The zero-order chi connectivity index (χ0) is 11.2. The lowest BCUT2D eigenvalue weighted by molar-refractivity contribution is 0.0617. The Balaban J connectivity index is 1.57. The lowest BCUT2D eigenvalue weighted by Gasteiger charge is -2.27. The molecule has 0 saturated carbocycles. The topological polar surface area (TPSA) is 33.7 Å². The molecule has 2 saturated heterocycles. The van der Waals surface area contributed by atoms with Crippen LogP contribution in [0.25, 0.3) is 0 Å². The van der Waals surface area contributed by atoms with Gasteiger partial charge in [-0.1, -0.05) is 0 Å². The smallest absolute Gasteiger partial charge is 0.0702 e. The first-order chi connectivity index (χ1) is 7.84. The van der Waals surface area contributed by atoms with Crippen LogP contribution in [0.1, 0.15) is 19.3 Å². The van der Waals surface area contributed by atoms with Crippen molar-refractivity contribution in [3.63, 3.8) is 0 Å². The van der Waals surface area contributed by atoms with E-state index in [9.17, 15) is 0 Å². The summed E-state index contributed by atoms with van der Waals surface area (Å²) in [5.41, 5.74) is 0. The van der Waals surface area contributed by atoms with Gasteiger partial charge < -0.3 is 19.7 Å². The fourth-order valence-corrected chi connectivity index (χ4v) is 2.41. The first-order valence-electron chi connectivity index (χ1n) is 6.46. The number of rotatable bonds is 5. The number of hydrogen-bond acceptors (Lipinski definition) is 4. The van der Waals surface area contributed by atoms with Gasteiger partial charge in [0.15, 0.2) is 0 Å². The second-order valence-corrected chi connectivity index (χ2v) is 4.91. The van der Waals surface area contributed by atoms with Crippen molar-refractivity contribution < 1.29 is 9.47 Å². The average Bonchev–Trinajstić information content (AvgIpc) is 2.81. The van der Waals surface area contributed by atoms with Gasteiger partial charge in [-0.15, -0.1) is 0 Å². The molecule has 0 aliphatic carbocycles. The summed E-state index contributed by atoms with van der Waals surface area (Å²) >= 11 is 0. The van der Waals surface area contributed by atoms with Crippen molar-refractivity contribution in [3.8, 4) is 0 Å². The predicted molar refractivity (Wildman–Crippen MR) is 63.7 cm³/mol. The number of likely N-dealkylation sites (N-methyl/N-ethyl adjacent to an activating group) is 1. The van der Waals surface area contributed by atoms with E-state index in [-0.39, 0.29) is 0 Å². The summed E-state index contributed by atoms with van der Waals surface area (Å²) < 4.78 is 11.1. The van der Waals surface area contributed by atoms with E-state index >= 15 is 0 Å². The highest BCUT2D eigenvalue weighted by molar-refractivity contribution is 4.73. The predicted octanol–water partition coefficient (Wildman–Crippen LogP) is 0.476. The van der Waals surface area contributed by atoms with Crippen LogP contribution in [-0.2, 0) is 9.47 Å². The summed E-state index contributed by atoms with van der Waals surface area (Å²) in [5, 5.41) is 3.49. The monoisotopic (exact) mass is 228 g/mol. The lowest BCUT2D eigenvalue weighted by Crippen LogP contribution is -2.43. The molecule has 0 spiro atoms. The van der Waals surface area contributed by atoms with Crippen molar-refractivity contribution in [2.75, 3.05) is 46.5 Å². The molecule has 1 N–H and O–H groups in total. The largest absolute Gasteiger partial charge is 0.379 e. The zero-order valence-corrected chi connectivity index (χ0v) is 10.3. The molecule has 16 heavy (non-hydrogen) atoms. The molecule has 2 fully saturated rings. The highest BCUT2D eigenvalue weighted by Gasteiger charge is 2.18. The number of nitrogens with zero attached hydrogens (tertiary/aromatic N) is 1. The molecule has 94 valence electrons. The van der Waals surface area contributed by atoms with E-state index in [0.717, 1.165) is 39.5 Å². The Morgan fingerprint density at radius 1 is 1.38 bits per heavy atom. The Kier molecular flexibility index (Phi) is 5.03. The number of nitrogens with one attached hydrogen (secondary N) is 1. The van der Waals surface area contributed by atoms with Crippen molar-refractivity contribution in [2.24, 2.45) is 0 Å². The first-order valence-corrected chi connectivity index (χ1v) is 6.46. The Bertz CT molecular complexity index is 189. The molecule has 2 heterocycles. The number of hydrogen-bond donors (Lipinski definition) is 1. The molecule has 0 aromatic carbocycles. The maximum absolute atomic E-state index is 5.63. The van der Waals surface area contributed by atoms with Crippen LogP contribution in [0, 0.1) is 0 Å². The summed E-state index contributed by atoms with van der Waals surface area (Å²) in [5.74, 6) is 0. The normalized spacial score (nSPS) is 31.1. The third-order valence-electron chi connectivity index (χ3n) is 3.40. The molecule has 0 aromatic rings. The third kappa shape index (κ3) is 4.01. The molecular formula is C12H24N2O2. The fourth-order valence-electron chi connectivity index (χ4n) is 2.41. The van der Waals surface area contributed by atoms with Crippen molar-refractivity contribution >= 4 is 0 Å². The molecule has 2 aliphatic rings. The standard InChI is InChI=1S/C12H24N2O2/c1-14(9-12-3-2-7-16-12)6-4-11-10-15-8-5-13-11/h11-13H,2-10H2,1H3. The number of ether oxygens (including phenoxy) is 2. The lowest BCUT2D eigenvalue weighted by atomic mass is 10.2. The van der Waals surface area contributed by atoms with Crippen LogP contribution in [-0.4, -0.2) is 63.5 Å². The van der Waals surface area contributed by atoms with Crippen molar-refractivity contribution in [1.29, 1.82) is 0 Å². The van der Waals surface area contributed by atoms with Crippen molar-refractivity contribution in [1.82, 2.24) is 10.2 Å². The van der Waals surface area contributed by atoms with E-state index in [1.54, 1.807) is 0 Å². The highest BCUT2D eigenvalue weighted by Crippen LogP contribution is 2.13. The van der Waals surface area contributed by atoms with Gasteiger partial charge in [-0.05, 0) is 32.9 Å². The highest BCUT2D eigenvalue weighted by atomic mass is 16.5. The molecule has 4 nitrogen and oxygen atoms in total. The van der Waals surface area contributed by atoms with E-state index in [4.69, 9.17) is 9.47 Å². The molecule has 0 amide bonds. The van der Waals surface area contributed by atoms with Gasteiger partial charge in [0.1, 0.15) is 0 Å². The molecule has 0 radical (unpaired) electrons. The minimum absolute atomic E-state index is 0.473. The quantitative estimate of drug-likeness (QED) is 0.742. The van der Waals surface area contributed by atoms with Gasteiger partial charge in [-0.25, -0.2) is 0 Å². The van der Waals surface area contributed by atoms with E-state index < -0.39 is 0 Å². The van der Waals surface area contributed by atoms with Crippen LogP contribution >= 0.6 is 0 Å². The molecule has 2 unspecified atom stereocenters. The Hall–Kier alpha value is -0.160. The fraction of sp³-hybridized carbons (Fsp3) is 1.00. The molecule has 2 rings (SSSR count). The van der Waals surface area contributed by atoms with E-state index in [2.05, 4.69) is 17.3 Å². The van der Waals surface area contributed by atoms with Crippen LogP contribution in [0.5, 0.6) is 0 Å². The molecule has 2 atom stereocenters. The van der Waals surface area contributed by atoms with Gasteiger partial charge in [-0.3, -0.25) is 0 Å². The number of morpholine rings is 1. The molecule has 0 aromatic heterocycles. The van der Waals surface area contributed by atoms with E-state index in [1.165, 1.54) is 19.3 Å². The van der Waals surface area contributed by atoms with Gasteiger partial charge in [0.25, 0.3) is 0 Å².